The highest BCUT2D eigenvalue weighted by Crippen LogP contribution is 2.38. The first-order chi connectivity index (χ1) is 16.3. The fourth-order valence-corrected chi connectivity index (χ4v) is 4.70. The average Bonchev–Trinajstić information content (AvgIpc) is 3.19. The minimum atomic E-state index is -0.970. The zero-order chi connectivity index (χ0) is 24.7. The summed E-state index contributed by atoms with van der Waals surface area (Å²) < 4.78 is 10.4. The number of carbonyl (C=O) groups excluding carboxylic acids is 4. The highest BCUT2D eigenvalue weighted by Gasteiger charge is 2.28. The number of thiophene rings is 1. The van der Waals surface area contributed by atoms with Crippen molar-refractivity contribution >= 4 is 45.7 Å². The molecule has 34 heavy (non-hydrogen) atoms. The molecule has 1 aliphatic rings. The van der Waals surface area contributed by atoms with Gasteiger partial charge in [0, 0.05) is 4.88 Å². The van der Waals surface area contributed by atoms with Crippen molar-refractivity contribution in [3.8, 4) is 5.75 Å². The summed E-state index contributed by atoms with van der Waals surface area (Å²) in [6, 6.07) is 6.62. The highest BCUT2D eigenvalue weighted by molar-refractivity contribution is 7.17. The number of amides is 3. The molecule has 0 fully saturated rings. The Morgan fingerprint density at radius 3 is 2.47 bits per heavy atom. The number of primary amides is 1. The number of carbonyl (C=O) groups is 4. The van der Waals surface area contributed by atoms with Crippen molar-refractivity contribution in [1.82, 2.24) is 5.43 Å². The second-order valence-corrected chi connectivity index (χ2v) is 8.61. The monoisotopic (exact) mass is 486 g/mol. The second kappa shape index (κ2) is 11.4. The van der Waals surface area contributed by atoms with Gasteiger partial charge in [-0.2, -0.15) is 5.10 Å². The van der Waals surface area contributed by atoms with E-state index < -0.39 is 23.7 Å². The summed E-state index contributed by atoms with van der Waals surface area (Å²) in [4.78, 5) is 49.1. The van der Waals surface area contributed by atoms with Crippen LogP contribution in [0.4, 0.5) is 5.00 Å². The van der Waals surface area contributed by atoms with Gasteiger partial charge in [0.1, 0.15) is 10.8 Å². The summed E-state index contributed by atoms with van der Waals surface area (Å²) in [7, 11) is 0. The molecule has 0 aliphatic heterocycles. The van der Waals surface area contributed by atoms with Crippen LogP contribution in [0.5, 0.6) is 5.75 Å². The van der Waals surface area contributed by atoms with E-state index in [1.165, 1.54) is 11.3 Å². The van der Waals surface area contributed by atoms with Gasteiger partial charge in [0.25, 0.3) is 5.91 Å². The zero-order valence-corrected chi connectivity index (χ0v) is 19.8. The van der Waals surface area contributed by atoms with E-state index >= 15 is 0 Å². The Balaban J connectivity index is 1.65. The van der Waals surface area contributed by atoms with Crippen LogP contribution < -0.4 is 21.2 Å². The molecule has 0 saturated carbocycles. The van der Waals surface area contributed by atoms with Gasteiger partial charge in [-0.25, -0.2) is 10.2 Å². The van der Waals surface area contributed by atoms with Gasteiger partial charge in [-0.05, 0) is 74.9 Å². The van der Waals surface area contributed by atoms with Crippen molar-refractivity contribution in [2.75, 3.05) is 18.5 Å². The number of nitrogens with one attached hydrogen (secondary N) is 2. The average molecular weight is 487 g/mol. The molecule has 1 aromatic carbocycles. The lowest BCUT2D eigenvalue weighted by Gasteiger charge is -2.12. The van der Waals surface area contributed by atoms with E-state index in [4.69, 9.17) is 15.2 Å². The molecule has 0 atom stereocenters. The quantitative estimate of drug-likeness (QED) is 0.225. The number of hydrogen-bond donors (Lipinski definition) is 3. The standard InChI is InChI=1S/C23H26N4O6S/c1-3-32-23(31)19-16-6-4-5-7-17(16)34-22(19)25-20(29)21(30)27-26-13(2)14-8-10-15(11-9-14)33-12-18(24)28/h8-11H,3-7,12H2,1-2H3,(H2,24,28)(H,25,29)(H,27,30)/b26-13+. The molecule has 3 amide bonds. The van der Waals surface area contributed by atoms with Crippen molar-refractivity contribution in [3.63, 3.8) is 0 Å². The molecule has 1 heterocycles. The fraction of sp³-hybridized carbons (Fsp3) is 0.348. The summed E-state index contributed by atoms with van der Waals surface area (Å²) in [6.07, 6.45) is 3.52. The normalized spacial score (nSPS) is 12.9. The fourth-order valence-electron chi connectivity index (χ4n) is 3.43. The van der Waals surface area contributed by atoms with Gasteiger partial charge in [-0.15, -0.1) is 11.3 Å². The van der Waals surface area contributed by atoms with E-state index in [1.54, 1.807) is 38.1 Å². The maximum Gasteiger partial charge on any atom is 0.341 e. The molecule has 0 spiro atoms. The first kappa shape index (κ1) is 24.9. The summed E-state index contributed by atoms with van der Waals surface area (Å²) in [5, 5.41) is 6.83. The molecule has 1 aliphatic carbocycles. The van der Waals surface area contributed by atoms with Gasteiger partial charge in [-0.3, -0.25) is 14.4 Å². The van der Waals surface area contributed by atoms with E-state index in [-0.39, 0.29) is 13.2 Å². The predicted octanol–water partition coefficient (Wildman–Crippen LogP) is 2.15. The lowest BCUT2D eigenvalue weighted by Crippen LogP contribution is -2.33. The largest absolute Gasteiger partial charge is 0.484 e. The molecular formula is C23H26N4O6S. The van der Waals surface area contributed by atoms with Crippen LogP contribution in [0.2, 0.25) is 0 Å². The third-order valence-electron chi connectivity index (χ3n) is 5.06. The lowest BCUT2D eigenvalue weighted by molar-refractivity contribution is -0.136. The van der Waals surface area contributed by atoms with Gasteiger partial charge in [-0.1, -0.05) is 0 Å². The van der Waals surface area contributed by atoms with E-state index in [0.717, 1.165) is 36.1 Å². The number of anilines is 1. The number of benzene rings is 1. The van der Waals surface area contributed by atoms with E-state index in [0.29, 0.717) is 27.6 Å². The Morgan fingerprint density at radius 1 is 1.09 bits per heavy atom. The number of aryl methyl sites for hydroxylation is 1. The molecule has 0 unspecified atom stereocenters. The van der Waals surface area contributed by atoms with Gasteiger partial charge in [0.2, 0.25) is 0 Å². The topological polar surface area (TPSA) is 149 Å². The number of hydrazone groups is 1. The first-order valence-electron chi connectivity index (χ1n) is 10.8. The maximum atomic E-state index is 12.5. The van der Waals surface area contributed by atoms with Gasteiger partial charge >= 0.3 is 17.8 Å². The van der Waals surface area contributed by atoms with Crippen LogP contribution in [-0.2, 0) is 32.0 Å². The van der Waals surface area contributed by atoms with Crippen LogP contribution in [0.3, 0.4) is 0 Å². The third kappa shape index (κ3) is 6.19. The van der Waals surface area contributed by atoms with Gasteiger partial charge in [0.05, 0.1) is 17.9 Å². The van der Waals surface area contributed by atoms with E-state index in [9.17, 15) is 19.2 Å². The highest BCUT2D eigenvalue weighted by atomic mass is 32.1. The smallest absolute Gasteiger partial charge is 0.341 e. The molecule has 180 valence electrons. The van der Waals surface area contributed by atoms with Crippen LogP contribution in [0.15, 0.2) is 29.4 Å². The Labute approximate surface area is 200 Å². The molecule has 4 N–H and O–H groups in total. The van der Waals surface area contributed by atoms with Crippen molar-refractivity contribution in [2.45, 2.75) is 39.5 Å². The van der Waals surface area contributed by atoms with Crippen molar-refractivity contribution in [3.05, 3.63) is 45.8 Å². The molecule has 0 saturated heterocycles. The number of esters is 1. The molecule has 1 aromatic heterocycles. The zero-order valence-electron chi connectivity index (χ0n) is 18.9. The Morgan fingerprint density at radius 2 is 1.79 bits per heavy atom. The number of fused-ring (bicyclic) bond motifs is 1. The Hall–Kier alpha value is -3.73. The molecule has 11 heteroatoms. The molecule has 10 nitrogen and oxygen atoms in total. The molecule has 3 rings (SSSR count). The third-order valence-corrected chi connectivity index (χ3v) is 6.27. The van der Waals surface area contributed by atoms with Crippen LogP contribution >= 0.6 is 11.3 Å². The maximum absolute atomic E-state index is 12.5. The second-order valence-electron chi connectivity index (χ2n) is 7.51. The number of nitrogens with zero attached hydrogens (tertiary/aromatic N) is 1. The number of ether oxygens (including phenoxy) is 2. The van der Waals surface area contributed by atoms with Gasteiger partial charge in [0.15, 0.2) is 6.61 Å². The minimum Gasteiger partial charge on any atom is -0.484 e. The van der Waals surface area contributed by atoms with E-state index in [1.807, 2.05) is 0 Å². The molecular weight excluding hydrogens is 460 g/mol. The van der Waals surface area contributed by atoms with Crippen LogP contribution in [-0.4, -0.2) is 42.6 Å². The molecule has 0 radical (unpaired) electrons. The SMILES string of the molecule is CCOC(=O)c1c(NC(=O)C(=O)N/N=C(\C)c2ccc(OCC(N)=O)cc2)sc2c1CCCC2. The number of rotatable bonds is 8. The van der Waals surface area contributed by atoms with Crippen molar-refractivity contribution in [2.24, 2.45) is 10.8 Å². The summed E-state index contributed by atoms with van der Waals surface area (Å²) in [5.41, 5.74) is 9.61. The minimum absolute atomic E-state index is 0.212. The predicted molar refractivity (Wildman–Crippen MR) is 127 cm³/mol. The van der Waals surface area contributed by atoms with Crippen LogP contribution in [0, 0.1) is 0 Å². The Bertz CT molecular complexity index is 1120. The number of hydrogen-bond acceptors (Lipinski definition) is 8. The number of nitrogens with two attached hydrogens (primary N) is 1. The Kier molecular flexibility index (Phi) is 8.36. The van der Waals surface area contributed by atoms with Crippen molar-refractivity contribution < 1.29 is 28.7 Å². The van der Waals surface area contributed by atoms with Crippen LogP contribution in [0.1, 0.15) is 53.1 Å². The first-order valence-corrected chi connectivity index (χ1v) is 11.6. The van der Waals surface area contributed by atoms with Gasteiger partial charge < -0.3 is 20.5 Å². The summed E-state index contributed by atoms with van der Waals surface area (Å²) in [6.45, 7) is 3.35. The molecule has 2 aromatic rings. The van der Waals surface area contributed by atoms with Crippen LogP contribution in [0.25, 0.3) is 0 Å². The van der Waals surface area contributed by atoms with E-state index in [2.05, 4.69) is 15.8 Å². The summed E-state index contributed by atoms with van der Waals surface area (Å²) in [5.74, 6) is -2.54. The lowest BCUT2D eigenvalue weighted by atomic mass is 9.95. The summed E-state index contributed by atoms with van der Waals surface area (Å²) >= 11 is 1.30. The van der Waals surface area contributed by atoms with Crippen molar-refractivity contribution in [1.29, 1.82) is 0 Å². The molecule has 0 bridgehead atoms.